The first-order valence-electron chi connectivity index (χ1n) is 13.2. The Balaban J connectivity index is 2.15. The summed E-state index contributed by atoms with van der Waals surface area (Å²) in [6.45, 7) is 9.79. The number of aliphatic hydroxyl groups excluding tert-OH is 1. The third kappa shape index (κ3) is 10.4. The Morgan fingerprint density at radius 2 is 1.13 bits per heavy atom. The SMILES string of the molecule is CC(C)=CCC/C(C)=C/C(C/C(C)=C/CC/C(C)=C/C(O)S(=O)(=O)c1ccccc1)S(=O)(=O)c1ccccc1. The van der Waals surface area contributed by atoms with Crippen LogP contribution in [0.5, 0.6) is 0 Å². The zero-order chi connectivity index (χ0) is 29.1. The van der Waals surface area contributed by atoms with E-state index in [0.29, 0.717) is 24.2 Å². The Morgan fingerprint density at radius 1 is 0.667 bits per heavy atom. The van der Waals surface area contributed by atoms with Crippen LogP contribution in [0.1, 0.15) is 66.7 Å². The third-order valence-electron chi connectivity index (χ3n) is 6.40. The quantitative estimate of drug-likeness (QED) is 0.240. The van der Waals surface area contributed by atoms with Gasteiger partial charge < -0.3 is 5.11 Å². The molecular formula is C32H42O5S2. The molecule has 39 heavy (non-hydrogen) atoms. The fourth-order valence-electron chi connectivity index (χ4n) is 4.15. The van der Waals surface area contributed by atoms with Crippen molar-refractivity contribution in [2.75, 3.05) is 0 Å². The molecule has 0 aromatic heterocycles. The summed E-state index contributed by atoms with van der Waals surface area (Å²) < 4.78 is 52.2. The molecule has 0 radical (unpaired) electrons. The summed E-state index contributed by atoms with van der Waals surface area (Å²) in [6.07, 6.45) is 10.6. The van der Waals surface area contributed by atoms with Gasteiger partial charge in [-0.2, -0.15) is 0 Å². The van der Waals surface area contributed by atoms with Gasteiger partial charge in [0.2, 0.25) is 9.84 Å². The summed E-state index contributed by atoms with van der Waals surface area (Å²) in [4.78, 5) is 0.385. The van der Waals surface area contributed by atoms with Crippen LogP contribution >= 0.6 is 0 Å². The van der Waals surface area contributed by atoms with E-state index in [4.69, 9.17) is 0 Å². The highest BCUT2D eigenvalue weighted by molar-refractivity contribution is 7.92. The normalized spacial score (nSPS) is 15.1. The first-order valence-corrected chi connectivity index (χ1v) is 16.3. The molecule has 0 saturated heterocycles. The lowest BCUT2D eigenvalue weighted by Crippen LogP contribution is -2.20. The minimum atomic E-state index is -3.87. The highest BCUT2D eigenvalue weighted by Crippen LogP contribution is 2.25. The number of sulfone groups is 2. The van der Waals surface area contributed by atoms with Crippen molar-refractivity contribution in [3.8, 4) is 0 Å². The molecule has 0 amide bonds. The van der Waals surface area contributed by atoms with Crippen molar-refractivity contribution < 1.29 is 21.9 Å². The van der Waals surface area contributed by atoms with E-state index in [1.807, 2.05) is 26.0 Å². The monoisotopic (exact) mass is 570 g/mol. The van der Waals surface area contributed by atoms with Crippen LogP contribution < -0.4 is 0 Å². The van der Waals surface area contributed by atoms with E-state index in [1.54, 1.807) is 55.5 Å². The van der Waals surface area contributed by atoms with Crippen molar-refractivity contribution in [3.05, 3.63) is 107 Å². The summed E-state index contributed by atoms with van der Waals surface area (Å²) in [7, 11) is -7.45. The molecule has 5 nitrogen and oxygen atoms in total. The van der Waals surface area contributed by atoms with Gasteiger partial charge in [-0.3, -0.25) is 0 Å². The van der Waals surface area contributed by atoms with Gasteiger partial charge >= 0.3 is 0 Å². The smallest absolute Gasteiger partial charge is 0.208 e. The highest BCUT2D eigenvalue weighted by Gasteiger charge is 2.26. The summed E-state index contributed by atoms with van der Waals surface area (Å²) >= 11 is 0. The maximum atomic E-state index is 13.5. The van der Waals surface area contributed by atoms with Gasteiger partial charge in [0.1, 0.15) is 0 Å². The van der Waals surface area contributed by atoms with E-state index < -0.39 is 30.4 Å². The molecule has 0 spiro atoms. The number of rotatable bonds is 14. The summed E-state index contributed by atoms with van der Waals surface area (Å²) in [5, 5.41) is 9.66. The average Bonchev–Trinajstić information content (AvgIpc) is 2.89. The highest BCUT2D eigenvalue weighted by atomic mass is 32.2. The second-order valence-corrected chi connectivity index (χ2v) is 14.5. The first-order chi connectivity index (χ1) is 18.3. The van der Waals surface area contributed by atoms with Gasteiger partial charge in [0.05, 0.1) is 15.0 Å². The molecule has 0 saturated carbocycles. The average molecular weight is 571 g/mol. The standard InChI is InChI=1S/C32H42O5S2/c1-25(2)14-12-15-26(3)22-31(38(34,35)29-18-8-6-9-19-29)23-27(4)16-13-17-28(5)24-32(33)39(36,37)30-20-10-7-11-21-30/h6-11,14,16,18-22,24,31-33H,12-13,15,17,23H2,1-5H3/b26-22+,27-16+,28-24+. The van der Waals surface area contributed by atoms with E-state index in [9.17, 15) is 21.9 Å². The molecule has 2 aromatic rings. The molecule has 0 aliphatic carbocycles. The van der Waals surface area contributed by atoms with Crippen molar-refractivity contribution in [1.29, 1.82) is 0 Å². The molecule has 7 heteroatoms. The number of hydrogen-bond donors (Lipinski definition) is 1. The molecule has 212 valence electrons. The summed E-state index contributed by atoms with van der Waals surface area (Å²) in [6, 6.07) is 16.4. The topological polar surface area (TPSA) is 88.5 Å². The van der Waals surface area contributed by atoms with Crippen molar-refractivity contribution in [2.45, 2.75) is 87.2 Å². The van der Waals surface area contributed by atoms with Gasteiger partial charge in [0.25, 0.3) is 0 Å². The van der Waals surface area contributed by atoms with Gasteiger partial charge in [-0.25, -0.2) is 16.8 Å². The van der Waals surface area contributed by atoms with Gasteiger partial charge in [-0.05, 0) is 97.1 Å². The lowest BCUT2D eigenvalue weighted by Gasteiger charge is -2.16. The molecule has 2 rings (SSSR count). The van der Waals surface area contributed by atoms with E-state index in [-0.39, 0.29) is 4.90 Å². The molecule has 2 aromatic carbocycles. The second kappa shape index (κ2) is 15.2. The molecule has 0 heterocycles. The van der Waals surface area contributed by atoms with E-state index in [2.05, 4.69) is 19.9 Å². The third-order valence-corrected chi connectivity index (χ3v) is 10.1. The minimum absolute atomic E-state index is 0.0761. The van der Waals surface area contributed by atoms with Crippen LogP contribution in [0.2, 0.25) is 0 Å². The fraction of sp³-hybridized carbons (Fsp3) is 0.375. The largest absolute Gasteiger partial charge is 0.373 e. The Labute approximate surface area is 235 Å². The Morgan fingerprint density at radius 3 is 1.64 bits per heavy atom. The number of hydrogen-bond acceptors (Lipinski definition) is 5. The maximum Gasteiger partial charge on any atom is 0.208 e. The van der Waals surface area contributed by atoms with Gasteiger partial charge in [0.15, 0.2) is 15.3 Å². The Kier molecular flexibility index (Phi) is 12.6. The molecule has 0 fully saturated rings. The van der Waals surface area contributed by atoms with Crippen LogP contribution in [0.15, 0.2) is 117 Å². The van der Waals surface area contributed by atoms with E-state index in [1.165, 1.54) is 23.8 Å². The van der Waals surface area contributed by atoms with E-state index in [0.717, 1.165) is 29.6 Å². The van der Waals surface area contributed by atoms with Crippen molar-refractivity contribution in [2.24, 2.45) is 0 Å². The molecule has 0 aliphatic rings. The van der Waals surface area contributed by atoms with Crippen LogP contribution in [0, 0.1) is 0 Å². The van der Waals surface area contributed by atoms with Gasteiger partial charge in [0, 0.05) is 0 Å². The zero-order valence-electron chi connectivity index (χ0n) is 23.7. The van der Waals surface area contributed by atoms with Crippen molar-refractivity contribution >= 4 is 19.7 Å². The van der Waals surface area contributed by atoms with Crippen molar-refractivity contribution in [3.63, 3.8) is 0 Å². The fourth-order valence-corrected chi connectivity index (χ4v) is 7.15. The zero-order valence-corrected chi connectivity index (χ0v) is 25.3. The summed E-state index contributed by atoms with van der Waals surface area (Å²) in [5.41, 5.74) is 2.35. The minimum Gasteiger partial charge on any atom is -0.373 e. The van der Waals surface area contributed by atoms with E-state index >= 15 is 0 Å². The lowest BCUT2D eigenvalue weighted by molar-refractivity contribution is 0.292. The molecule has 0 bridgehead atoms. The Bertz CT molecular complexity index is 1400. The van der Waals surface area contributed by atoms with Crippen LogP contribution in [-0.2, 0) is 19.7 Å². The van der Waals surface area contributed by atoms with Crippen molar-refractivity contribution in [1.82, 2.24) is 0 Å². The Hall–Kier alpha value is -2.74. The number of allylic oxidation sites excluding steroid dienone is 6. The van der Waals surface area contributed by atoms with Gasteiger partial charge in [-0.15, -0.1) is 0 Å². The molecule has 2 atom stereocenters. The number of aliphatic hydroxyl groups is 1. The van der Waals surface area contributed by atoms with Crippen LogP contribution in [0.25, 0.3) is 0 Å². The summed E-state index contributed by atoms with van der Waals surface area (Å²) in [5.74, 6) is 0. The van der Waals surface area contributed by atoms with Gasteiger partial charge in [-0.1, -0.05) is 76.9 Å². The predicted molar refractivity (Wildman–Crippen MR) is 161 cm³/mol. The van der Waals surface area contributed by atoms with Crippen LogP contribution in [0.3, 0.4) is 0 Å². The molecule has 1 N–H and O–H groups in total. The van der Waals surface area contributed by atoms with Crippen LogP contribution in [0.4, 0.5) is 0 Å². The maximum absolute atomic E-state index is 13.5. The molecular weight excluding hydrogens is 528 g/mol. The lowest BCUT2D eigenvalue weighted by atomic mass is 10.0. The first kappa shape index (κ1) is 32.5. The van der Waals surface area contributed by atoms with Crippen LogP contribution in [-0.4, -0.2) is 32.6 Å². The molecule has 2 unspecified atom stereocenters. The molecule has 0 aliphatic heterocycles. The number of benzene rings is 2. The second-order valence-electron chi connectivity index (χ2n) is 10.3. The predicted octanol–water partition coefficient (Wildman–Crippen LogP) is 7.38.